The van der Waals surface area contributed by atoms with Gasteiger partial charge in [0.25, 0.3) is 0 Å². The number of piperidine rings is 1. The van der Waals surface area contributed by atoms with Crippen molar-refractivity contribution in [2.45, 2.75) is 31.0 Å². The van der Waals surface area contributed by atoms with Gasteiger partial charge in [-0.1, -0.05) is 34.1 Å². The third kappa shape index (κ3) is 5.08. The summed E-state index contributed by atoms with van der Waals surface area (Å²) in [5.41, 5.74) is 2.62. The van der Waals surface area contributed by atoms with Gasteiger partial charge >= 0.3 is 0 Å². The van der Waals surface area contributed by atoms with Crippen LogP contribution in [0.4, 0.5) is 0 Å². The fourth-order valence-corrected chi connectivity index (χ4v) is 3.96. The van der Waals surface area contributed by atoms with Crippen LogP contribution < -0.4 is 10.1 Å². The fourth-order valence-electron chi connectivity index (χ4n) is 3.10. The van der Waals surface area contributed by atoms with Crippen molar-refractivity contribution >= 4 is 31.9 Å². The lowest BCUT2D eigenvalue weighted by Gasteiger charge is -2.22. The third-order valence-electron chi connectivity index (χ3n) is 4.60. The molecule has 2 aromatic rings. The lowest BCUT2D eigenvalue weighted by molar-refractivity contribution is 0.354. The second-order valence-electron chi connectivity index (χ2n) is 6.38. The molecule has 0 bridgehead atoms. The van der Waals surface area contributed by atoms with Gasteiger partial charge in [0.2, 0.25) is 0 Å². The van der Waals surface area contributed by atoms with Gasteiger partial charge in [-0.05, 0) is 96.0 Å². The minimum atomic E-state index is 0.845. The number of halogens is 2. The van der Waals surface area contributed by atoms with Crippen molar-refractivity contribution in [3.63, 3.8) is 0 Å². The Bertz CT molecular complexity index is 651. The summed E-state index contributed by atoms with van der Waals surface area (Å²) in [4.78, 5) is 0. The maximum Gasteiger partial charge on any atom is 0.141 e. The number of hydrogen-bond acceptors (Lipinski definition) is 2. The molecule has 2 nitrogen and oxygen atoms in total. The number of benzene rings is 2. The number of rotatable bonds is 6. The van der Waals surface area contributed by atoms with Crippen LogP contribution in [0.1, 0.15) is 30.4 Å². The highest BCUT2D eigenvalue weighted by Gasteiger charge is 2.12. The van der Waals surface area contributed by atoms with Gasteiger partial charge in [-0.15, -0.1) is 0 Å². The van der Waals surface area contributed by atoms with Crippen LogP contribution in [-0.2, 0) is 11.8 Å². The summed E-state index contributed by atoms with van der Waals surface area (Å²) < 4.78 is 6.97. The van der Waals surface area contributed by atoms with Crippen molar-refractivity contribution in [1.82, 2.24) is 5.32 Å². The SMILES string of the molecule is BrCc1ccc(Oc2ccc(CCC3CCNCC3)cc2)c(Br)c1. The van der Waals surface area contributed by atoms with Crippen LogP contribution in [-0.4, -0.2) is 13.1 Å². The first-order valence-corrected chi connectivity index (χ1v) is 10.5. The molecule has 0 amide bonds. The zero-order valence-electron chi connectivity index (χ0n) is 13.7. The van der Waals surface area contributed by atoms with Gasteiger partial charge in [-0.25, -0.2) is 0 Å². The summed E-state index contributed by atoms with van der Waals surface area (Å²) in [5, 5.41) is 4.28. The minimum absolute atomic E-state index is 0.845. The van der Waals surface area contributed by atoms with Gasteiger partial charge in [0, 0.05) is 5.33 Å². The maximum absolute atomic E-state index is 5.99. The molecule has 0 atom stereocenters. The second-order valence-corrected chi connectivity index (χ2v) is 7.79. The van der Waals surface area contributed by atoms with E-state index >= 15 is 0 Å². The number of aryl methyl sites for hydroxylation is 1. The molecule has 0 saturated carbocycles. The van der Waals surface area contributed by atoms with Gasteiger partial charge in [0.05, 0.1) is 4.47 Å². The van der Waals surface area contributed by atoms with Crippen molar-refractivity contribution in [3.05, 3.63) is 58.1 Å². The summed E-state index contributed by atoms with van der Waals surface area (Å²) in [6.45, 7) is 2.36. The fraction of sp³-hybridized carbons (Fsp3) is 0.400. The molecule has 1 heterocycles. The van der Waals surface area contributed by atoms with E-state index in [-0.39, 0.29) is 0 Å². The van der Waals surface area contributed by atoms with Gasteiger partial charge in [0.1, 0.15) is 11.5 Å². The van der Waals surface area contributed by atoms with Gasteiger partial charge < -0.3 is 10.1 Å². The number of ether oxygens (including phenoxy) is 1. The van der Waals surface area contributed by atoms with E-state index in [2.05, 4.69) is 73.6 Å². The van der Waals surface area contributed by atoms with Gasteiger partial charge in [0.15, 0.2) is 0 Å². The quantitative estimate of drug-likeness (QED) is 0.537. The average Bonchev–Trinajstić information content (AvgIpc) is 2.63. The summed E-state index contributed by atoms with van der Waals surface area (Å²) in [7, 11) is 0. The molecule has 1 N–H and O–H groups in total. The zero-order valence-corrected chi connectivity index (χ0v) is 16.9. The van der Waals surface area contributed by atoms with Crippen molar-refractivity contribution < 1.29 is 4.74 Å². The third-order valence-corrected chi connectivity index (χ3v) is 5.87. The van der Waals surface area contributed by atoms with Crippen LogP contribution >= 0.6 is 31.9 Å². The predicted molar refractivity (Wildman–Crippen MR) is 107 cm³/mol. The van der Waals surface area contributed by atoms with E-state index in [9.17, 15) is 0 Å². The largest absolute Gasteiger partial charge is 0.456 e. The summed E-state index contributed by atoms with van der Waals surface area (Å²) in [6.07, 6.45) is 5.09. The van der Waals surface area contributed by atoms with E-state index in [1.807, 2.05) is 6.07 Å². The average molecular weight is 453 g/mol. The summed E-state index contributed by atoms with van der Waals surface area (Å²) in [6, 6.07) is 14.7. The van der Waals surface area contributed by atoms with Crippen LogP contribution in [0.3, 0.4) is 0 Å². The Balaban J connectivity index is 1.56. The van der Waals surface area contributed by atoms with Crippen molar-refractivity contribution in [1.29, 1.82) is 0 Å². The van der Waals surface area contributed by atoms with Crippen LogP contribution in [0.5, 0.6) is 11.5 Å². The smallest absolute Gasteiger partial charge is 0.141 e. The second kappa shape index (κ2) is 9.02. The van der Waals surface area contributed by atoms with Crippen LogP contribution in [0.15, 0.2) is 46.9 Å². The maximum atomic E-state index is 5.99. The molecule has 1 aliphatic rings. The zero-order chi connectivity index (χ0) is 16.8. The molecular weight excluding hydrogens is 430 g/mol. The molecule has 2 aromatic carbocycles. The summed E-state index contributed by atoms with van der Waals surface area (Å²) >= 11 is 7.05. The first-order valence-electron chi connectivity index (χ1n) is 8.56. The molecule has 1 saturated heterocycles. The van der Waals surface area contributed by atoms with Crippen LogP contribution in [0.2, 0.25) is 0 Å². The molecular formula is C20H23Br2NO. The standard InChI is InChI=1S/C20H23Br2NO/c21-14-17-5-8-20(19(22)13-17)24-18-6-3-15(4-7-18)1-2-16-9-11-23-12-10-16/h3-8,13,16,23H,1-2,9-12,14H2. The minimum Gasteiger partial charge on any atom is -0.456 e. The Labute approximate surface area is 161 Å². The predicted octanol–water partition coefficient (Wildman–Crippen LogP) is 6.07. The van der Waals surface area contributed by atoms with Crippen molar-refractivity contribution in [2.24, 2.45) is 5.92 Å². The van der Waals surface area contributed by atoms with Crippen LogP contribution in [0.25, 0.3) is 0 Å². The van der Waals surface area contributed by atoms with Crippen molar-refractivity contribution in [3.8, 4) is 11.5 Å². The molecule has 0 aliphatic carbocycles. The lowest BCUT2D eigenvalue weighted by atomic mass is 9.91. The normalized spacial score (nSPS) is 15.4. The van der Waals surface area contributed by atoms with Crippen molar-refractivity contribution in [2.75, 3.05) is 13.1 Å². The Morgan fingerprint density at radius 1 is 1.00 bits per heavy atom. The van der Waals surface area contributed by atoms with Gasteiger partial charge in [-0.2, -0.15) is 0 Å². The van der Waals surface area contributed by atoms with E-state index in [1.165, 1.54) is 43.5 Å². The lowest BCUT2D eigenvalue weighted by Crippen LogP contribution is -2.27. The molecule has 24 heavy (non-hydrogen) atoms. The molecule has 128 valence electrons. The van der Waals surface area contributed by atoms with E-state index in [1.54, 1.807) is 0 Å². The highest BCUT2D eigenvalue weighted by Crippen LogP contribution is 2.31. The monoisotopic (exact) mass is 451 g/mol. The molecule has 1 fully saturated rings. The number of hydrogen-bond donors (Lipinski definition) is 1. The van der Waals surface area contributed by atoms with E-state index in [4.69, 9.17) is 4.74 Å². The van der Waals surface area contributed by atoms with E-state index in [0.717, 1.165) is 33.6 Å². The topological polar surface area (TPSA) is 21.3 Å². The van der Waals surface area contributed by atoms with Crippen LogP contribution in [0, 0.1) is 5.92 Å². The van der Waals surface area contributed by atoms with E-state index < -0.39 is 0 Å². The molecule has 1 aliphatic heterocycles. The molecule has 3 rings (SSSR count). The Morgan fingerprint density at radius 3 is 2.38 bits per heavy atom. The summed E-state index contributed by atoms with van der Waals surface area (Å²) in [5.74, 6) is 2.61. The first-order chi connectivity index (χ1) is 11.7. The Hall–Kier alpha value is -0.840. The molecule has 0 radical (unpaired) electrons. The Morgan fingerprint density at radius 2 is 1.71 bits per heavy atom. The molecule has 0 unspecified atom stereocenters. The molecule has 0 spiro atoms. The molecule has 0 aromatic heterocycles. The highest BCUT2D eigenvalue weighted by molar-refractivity contribution is 9.10. The Kier molecular flexibility index (Phi) is 6.75. The van der Waals surface area contributed by atoms with Gasteiger partial charge in [-0.3, -0.25) is 0 Å². The van der Waals surface area contributed by atoms with E-state index in [0.29, 0.717) is 0 Å². The number of nitrogens with one attached hydrogen (secondary N) is 1. The first kappa shape index (κ1) is 18.0. The highest BCUT2D eigenvalue weighted by atomic mass is 79.9. The number of alkyl halides is 1. The molecule has 4 heteroatoms.